The largest absolute Gasteiger partial charge is 0.492 e. The summed E-state index contributed by atoms with van der Waals surface area (Å²) in [5, 5.41) is 4.25. The molecule has 1 N–H and O–H groups in total. The average molecular weight is 255 g/mol. The van der Waals surface area contributed by atoms with Crippen molar-refractivity contribution < 1.29 is 4.74 Å². The van der Waals surface area contributed by atoms with Crippen molar-refractivity contribution in [1.82, 2.24) is 4.90 Å². The van der Waals surface area contributed by atoms with Gasteiger partial charge in [0.1, 0.15) is 5.75 Å². The Morgan fingerprint density at radius 3 is 3.00 bits per heavy atom. The molecule has 1 saturated heterocycles. The van der Waals surface area contributed by atoms with Crippen molar-refractivity contribution in [2.75, 3.05) is 32.1 Å². The minimum absolute atomic E-state index is 0.484. The standard InChI is InChI=1S/C13H19ClN2O/c1-3-17-13-5-4-10(14)8-12(13)15-11-6-7-16(2)9-11/h4-5,8,11,15H,3,6-7,9H2,1-2H3. The Kier molecular flexibility index (Phi) is 4.13. The summed E-state index contributed by atoms with van der Waals surface area (Å²) in [6.07, 6.45) is 1.16. The molecule has 1 fully saturated rings. The maximum absolute atomic E-state index is 6.03. The third-order valence-electron chi connectivity index (χ3n) is 2.99. The Balaban J connectivity index is 2.10. The summed E-state index contributed by atoms with van der Waals surface area (Å²) < 4.78 is 5.59. The fourth-order valence-corrected chi connectivity index (χ4v) is 2.34. The second-order valence-electron chi connectivity index (χ2n) is 4.47. The Hall–Kier alpha value is -0.930. The zero-order valence-corrected chi connectivity index (χ0v) is 11.1. The van der Waals surface area contributed by atoms with E-state index in [1.54, 1.807) is 0 Å². The van der Waals surface area contributed by atoms with E-state index in [1.165, 1.54) is 0 Å². The first-order valence-corrected chi connectivity index (χ1v) is 6.44. The minimum atomic E-state index is 0.484. The van der Waals surface area contributed by atoms with Gasteiger partial charge in [0.25, 0.3) is 0 Å². The van der Waals surface area contributed by atoms with Crippen LogP contribution in [0.1, 0.15) is 13.3 Å². The van der Waals surface area contributed by atoms with Gasteiger partial charge in [0.2, 0.25) is 0 Å². The fourth-order valence-electron chi connectivity index (χ4n) is 2.17. The first-order valence-electron chi connectivity index (χ1n) is 6.06. The molecule has 4 heteroatoms. The Bertz CT molecular complexity index is 384. The third kappa shape index (κ3) is 3.27. The van der Waals surface area contributed by atoms with E-state index >= 15 is 0 Å². The highest BCUT2D eigenvalue weighted by Gasteiger charge is 2.20. The Labute approximate surface area is 108 Å². The summed E-state index contributed by atoms with van der Waals surface area (Å²) >= 11 is 6.03. The van der Waals surface area contributed by atoms with Gasteiger partial charge >= 0.3 is 0 Å². The average Bonchev–Trinajstić information content (AvgIpc) is 2.68. The summed E-state index contributed by atoms with van der Waals surface area (Å²) in [4.78, 5) is 2.32. The van der Waals surface area contributed by atoms with E-state index < -0.39 is 0 Å². The number of hydrogen-bond donors (Lipinski definition) is 1. The first-order chi connectivity index (χ1) is 8.19. The molecule has 0 saturated carbocycles. The topological polar surface area (TPSA) is 24.5 Å². The molecule has 0 aliphatic carbocycles. The van der Waals surface area contributed by atoms with Gasteiger partial charge in [-0.15, -0.1) is 0 Å². The lowest BCUT2D eigenvalue weighted by molar-refractivity contribution is 0.341. The fraction of sp³-hybridized carbons (Fsp3) is 0.538. The number of nitrogens with one attached hydrogen (secondary N) is 1. The number of hydrogen-bond acceptors (Lipinski definition) is 3. The number of halogens is 1. The second kappa shape index (κ2) is 5.61. The van der Waals surface area contributed by atoms with Gasteiger partial charge in [0, 0.05) is 17.6 Å². The van der Waals surface area contributed by atoms with E-state index in [4.69, 9.17) is 16.3 Å². The van der Waals surface area contributed by atoms with E-state index in [2.05, 4.69) is 17.3 Å². The highest BCUT2D eigenvalue weighted by atomic mass is 35.5. The molecule has 1 aromatic carbocycles. The highest BCUT2D eigenvalue weighted by molar-refractivity contribution is 6.30. The summed E-state index contributed by atoms with van der Waals surface area (Å²) in [6.45, 7) is 4.86. The molecule has 94 valence electrons. The minimum Gasteiger partial charge on any atom is -0.492 e. The van der Waals surface area contributed by atoms with Crippen LogP contribution in [0.2, 0.25) is 5.02 Å². The maximum atomic E-state index is 6.03. The molecule has 1 aliphatic rings. The predicted octanol–water partition coefficient (Wildman–Crippen LogP) is 2.85. The predicted molar refractivity (Wildman–Crippen MR) is 72.1 cm³/mol. The molecule has 1 aliphatic heterocycles. The highest BCUT2D eigenvalue weighted by Crippen LogP contribution is 2.29. The van der Waals surface area contributed by atoms with Crippen molar-refractivity contribution in [2.24, 2.45) is 0 Å². The smallest absolute Gasteiger partial charge is 0.142 e. The number of ether oxygens (including phenoxy) is 1. The van der Waals surface area contributed by atoms with E-state index in [9.17, 15) is 0 Å². The number of benzene rings is 1. The summed E-state index contributed by atoms with van der Waals surface area (Å²) in [5.41, 5.74) is 1.000. The van der Waals surface area contributed by atoms with Gasteiger partial charge in [0.15, 0.2) is 0 Å². The number of rotatable bonds is 4. The van der Waals surface area contributed by atoms with Gasteiger partial charge < -0.3 is 15.0 Å². The molecule has 1 unspecified atom stereocenters. The van der Waals surface area contributed by atoms with E-state index in [-0.39, 0.29) is 0 Å². The SMILES string of the molecule is CCOc1ccc(Cl)cc1NC1CCN(C)C1. The quantitative estimate of drug-likeness (QED) is 0.894. The van der Waals surface area contributed by atoms with Gasteiger partial charge in [-0.25, -0.2) is 0 Å². The Morgan fingerprint density at radius 1 is 1.53 bits per heavy atom. The molecule has 0 amide bonds. The molecule has 1 heterocycles. The van der Waals surface area contributed by atoms with Crippen LogP contribution in [0.5, 0.6) is 5.75 Å². The van der Waals surface area contributed by atoms with Crippen LogP contribution in [0.4, 0.5) is 5.69 Å². The molecular weight excluding hydrogens is 236 g/mol. The molecule has 1 atom stereocenters. The number of likely N-dealkylation sites (N-methyl/N-ethyl adjacent to an activating group) is 1. The number of anilines is 1. The maximum Gasteiger partial charge on any atom is 0.142 e. The van der Waals surface area contributed by atoms with Crippen LogP contribution in [-0.2, 0) is 0 Å². The van der Waals surface area contributed by atoms with Crippen LogP contribution in [0, 0.1) is 0 Å². The Morgan fingerprint density at radius 2 is 2.35 bits per heavy atom. The van der Waals surface area contributed by atoms with Gasteiger partial charge in [-0.2, -0.15) is 0 Å². The zero-order chi connectivity index (χ0) is 12.3. The van der Waals surface area contributed by atoms with Gasteiger partial charge in [-0.1, -0.05) is 11.6 Å². The van der Waals surface area contributed by atoms with Crippen LogP contribution in [-0.4, -0.2) is 37.7 Å². The third-order valence-corrected chi connectivity index (χ3v) is 3.23. The molecule has 1 aromatic rings. The van der Waals surface area contributed by atoms with E-state index in [0.717, 1.165) is 36.0 Å². The first kappa shape index (κ1) is 12.5. The van der Waals surface area contributed by atoms with Crippen molar-refractivity contribution in [2.45, 2.75) is 19.4 Å². The van der Waals surface area contributed by atoms with Gasteiger partial charge in [0.05, 0.1) is 12.3 Å². The van der Waals surface area contributed by atoms with Crippen molar-refractivity contribution >= 4 is 17.3 Å². The molecular formula is C13H19ClN2O. The van der Waals surface area contributed by atoms with Crippen molar-refractivity contribution in [3.63, 3.8) is 0 Å². The van der Waals surface area contributed by atoms with Crippen LogP contribution >= 0.6 is 11.6 Å². The number of likely N-dealkylation sites (tertiary alicyclic amines) is 1. The normalized spacial score (nSPS) is 20.5. The van der Waals surface area contributed by atoms with Gasteiger partial charge in [-0.05, 0) is 45.1 Å². The summed E-state index contributed by atoms with van der Waals surface area (Å²) in [6, 6.07) is 6.20. The molecule has 0 aromatic heterocycles. The lowest BCUT2D eigenvalue weighted by Crippen LogP contribution is -2.23. The lowest BCUT2D eigenvalue weighted by Gasteiger charge is -2.17. The molecule has 0 bridgehead atoms. The van der Waals surface area contributed by atoms with Crippen molar-refractivity contribution in [3.8, 4) is 5.75 Å². The molecule has 0 spiro atoms. The summed E-state index contributed by atoms with van der Waals surface area (Å²) in [5.74, 6) is 0.881. The van der Waals surface area contributed by atoms with Crippen LogP contribution < -0.4 is 10.1 Å². The van der Waals surface area contributed by atoms with Crippen LogP contribution in [0.3, 0.4) is 0 Å². The monoisotopic (exact) mass is 254 g/mol. The van der Waals surface area contributed by atoms with Crippen molar-refractivity contribution in [3.05, 3.63) is 23.2 Å². The van der Waals surface area contributed by atoms with Crippen LogP contribution in [0.15, 0.2) is 18.2 Å². The van der Waals surface area contributed by atoms with Crippen LogP contribution in [0.25, 0.3) is 0 Å². The summed E-state index contributed by atoms with van der Waals surface area (Å²) in [7, 11) is 2.14. The zero-order valence-electron chi connectivity index (χ0n) is 10.4. The molecule has 2 rings (SSSR count). The van der Waals surface area contributed by atoms with E-state index in [0.29, 0.717) is 12.6 Å². The van der Waals surface area contributed by atoms with Crippen molar-refractivity contribution in [1.29, 1.82) is 0 Å². The second-order valence-corrected chi connectivity index (χ2v) is 4.90. The molecule has 3 nitrogen and oxygen atoms in total. The molecule has 17 heavy (non-hydrogen) atoms. The lowest BCUT2D eigenvalue weighted by atomic mass is 10.2. The van der Waals surface area contributed by atoms with E-state index in [1.807, 2.05) is 25.1 Å². The molecule has 0 radical (unpaired) electrons. The number of nitrogens with zero attached hydrogens (tertiary/aromatic N) is 1. The van der Waals surface area contributed by atoms with Gasteiger partial charge in [-0.3, -0.25) is 0 Å².